The summed E-state index contributed by atoms with van der Waals surface area (Å²) in [6, 6.07) is 58.9. The van der Waals surface area contributed by atoms with Crippen LogP contribution in [0, 0.1) is 0 Å². The number of unbranched alkanes of at least 4 members (excludes halogenated alkanes) is 4. The molecule has 0 heterocycles. The Balaban J connectivity index is 0.000000222. The number of hydrogen-bond donors (Lipinski definition) is 8. The summed E-state index contributed by atoms with van der Waals surface area (Å²) in [6.45, 7) is 22.6. The minimum absolute atomic E-state index is 0.0560. The van der Waals surface area contributed by atoms with Crippen LogP contribution in [0.15, 0.2) is 194 Å². The zero-order chi connectivity index (χ0) is 107. The van der Waals surface area contributed by atoms with Crippen LogP contribution in [0.5, 0.6) is 0 Å². The molecule has 4 aliphatic rings. The lowest BCUT2D eigenvalue weighted by molar-refractivity contribution is -0.123. The van der Waals surface area contributed by atoms with Gasteiger partial charge in [-0.25, -0.2) is 0 Å². The monoisotopic (exact) mass is 2050 g/mol. The second-order valence-corrected chi connectivity index (χ2v) is 38.3. The summed E-state index contributed by atoms with van der Waals surface area (Å²) in [5.41, 5.74) is 28.2. The largest absolute Gasteiger partial charge is 0.379 e. The smallest absolute Gasteiger partial charge is 0.251 e. The van der Waals surface area contributed by atoms with Crippen LogP contribution in [0.1, 0.15) is 299 Å². The number of amides is 4. The molecular formula is C126H172N8O16. The third-order valence-electron chi connectivity index (χ3n) is 26.8. The number of rotatable bonds is 66. The second-order valence-electron chi connectivity index (χ2n) is 38.3. The molecule has 8 aromatic carbocycles. The Hall–Kier alpha value is -11.2. The summed E-state index contributed by atoms with van der Waals surface area (Å²) in [4.78, 5) is 100.0. The molecule has 0 saturated carbocycles. The topological polar surface area (TPSA) is 307 Å². The molecule has 150 heavy (non-hydrogen) atoms. The van der Waals surface area contributed by atoms with Crippen molar-refractivity contribution in [1.29, 1.82) is 0 Å². The molecule has 0 saturated heterocycles. The Morgan fingerprint density at radius 1 is 0.233 bits per heavy atom. The van der Waals surface area contributed by atoms with Gasteiger partial charge in [-0.05, 0) is 305 Å². The van der Waals surface area contributed by atoms with Crippen molar-refractivity contribution in [2.75, 3.05) is 186 Å². The van der Waals surface area contributed by atoms with Crippen molar-refractivity contribution in [3.8, 4) is 0 Å². The van der Waals surface area contributed by atoms with E-state index in [0.717, 1.165) is 177 Å². The number of carbonyl (C=O) groups excluding carboxylic acids is 8. The van der Waals surface area contributed by atoms with E-state index in [1.165, 1.54) is 100 Å². The Morgan fingerprint density at radius 3 is 0.853 bits per heavy atom. The number of nitrogens with one attached hydrogen (secondary N) is 8. The minimum atomic E-state index is -0.0984. The Bertz CT molecular complexity index is 5560. The van der Waals surface area contributed by atoms with Crippen LogP contribution in [0.3, 0.4) is 0 Å². The highest BCUT2D eigenvalue weighted by Crippen LogP contribution is 2.40. The number of carbonyl (C=O) groups is 8. The van der Waals surface area contributed by atoms with Crippen molar-refractivity contribution in [3.63, 3.8) is 0 Å². The first-order valence-corrected chi connectivity index (χ1v) is 55.6. The predicted octanol–water partition coefficient (Wildman–Crippen LogP) is 19.7. The van der Waals surface area contributed by atoms with Crippen molar-refractivity contribution >= 4 is 69.1 Å². The molecule has 812 valence electrons. The maximum atomic E-state index is 13.0. The summed E-state index contributed by atoms with van der Waals surface area (Å²) < 4.78 is 43.4. The first-order chi connectivity index (χ1) is 73.5. The van der Waals surface area contributed by atoms with Gasteiger partial charge in [0, 0.05) is 126 Å². The number of ether oxygens (including phenoxy) is 8. The van der Waals surface area contributed by atoms with Gasteiger partial charge in [-0.3, -0.25) is 38.4 Å². The van der Waals surface area contributed by atoms with Crippen LogP contribution in [0.25, 0.3) is 22.3 Å². The maximum Gasteiger partial charge on any atom is 0.251 e. The van der Waals surface area contributed by atoms with Crippen LogP contribution < -0.4 is 42.5 Å². The van der Waals surface area contributed by atoms with Crippen molar-refractivity contribution in [3.05, 3.63) is 305 Å². The van der Waals surface area contributed by atoms with Gasteiger partial charge < -0.3 is 80.4 Å². The third-order valence-corrected chi connectivity index (χ3v) is 26.8. The van der Waals surface area contributed by atoms with E-state index in [9.17, 15) is 38.4 Å². The maximum absolute atomic E-state index is 13.0. The average Bonchev–Trinajstić information content (AvgIpc) is 1.65. The highest BCUT2D eigenvalue weighted by atomic mass is 16.5. The SMILES string of the molecule is CCC/C=C1\c2ccccc2CCc2cc(C(=O)CCCNC(=O)CCOCCOCCNC)ccc21.CCC/C=C1\c2ccccc2CCc2ccc(C(=O)NCCCC(=O)CCOCCOCCCC)cc21.CCCCOCCOCCC(=O)CCCNC(=O)c1ccc2c(c1)/C(=C\CCNC)c1ccccc1CC2.CNCC/C=C1/c2ccccc2CCc2cc(C(=O)CCCNC(=O)CCOCCOCCNC)ccc21. The molecule has 4 amide bonds. The summed E-state index contributed by atoms with van der Waals surface area (Å²) >= 11 is 0. The number of benzene rings is 8. The van der Waals surface area contributed by atoms with E-state index < -0.39 is 0 Å². The second kappa shape index (κ2) is 73.9. The van der Waals surface area contributed by atoms with E-state index in [1.807, 2.05) is 64.6 Å². The van der Waals surface area contributed by atoms with Gasteiger partial charge in [0.05, 0.1) is 92.5 Å². The zero-order valence-corrected chi connectivity index (χ0v) is 91.2. The zero-order valence-electron chi connectivity index (χ0n) is 91.2. The molecule has 24 heteroatoms. The van der Waals surface area contributed by atoms with Gasteiger partial charge in [-0.2, -0.15) is 0 Å². The molecule has 8 N–H and O–H groups in total. The fraction of sp³-hybridized carbons (Fsp3) is 0.492. The lowest BCUT2D eigenvalue weighted by Gasteiger charge is -2.14. The quantitative estimate of drug-likeness (QED) is 0.0130. The summed E-state index contributed by atoms with van der Waals surface area (Å²) in [7, 11) is 7.69. The van der Waals surface area contributed by atoms with Crippen molar-refractivity contribution in [2.45, 2.75) is 220 Å². The molecule has 0 unspecified atom stereocenters. The summed E-state index contributed by atoms with van der Waals surface area (Å²) in [5, 5.41) is 24.2. The molecule has 8 aromatic rings. The Labute approximate surface area is 894 Å². The van der Waals surface area contributed by atoms with Crippen molar-refractivity contribution in [1.82, 2.24) is 42.5 Å². The number of allylic oxidation sites excluding steroid dienone is 2. The average molecular weight is 2050 g/mol. The molecule has 0 aromatic heterocycles. The van der Waals surface area contributed by atoms with Gasteiger partial charge in [0.15, 0.2) is 11.6 Å². The number of ketones is 4. The number of fused-ring (bicyclic) bond motifs is 8. The number of hydrogen-bond acceptors (Lipinski definition) is 20. The van der Waals surface area contributed by atoms with Gasteiger partial charge in [0.2, 0.25) is 11.8 Å². The standard InChI is InChI=1S/C32H44N2O4.C32H43NO4.C31H43N3O4.C31H42N2O4/c1-3-4-20-37-22-23-38-21-17-28(35)10-7-19-34-32(36)27-16-15-26-14-13-25-9-5-6-11-29(25)30(31(26)24-27)12-8-18-33-2;1-3-5-12-30-29-13-8-7-10-25(29)14-15-26-16-17-27(24-31(26)30)32(35)33-19-9-11-28(34)18-21-37-23-22-36-20-6-4-2;1-32-16-5-9-29-27-8-4-3-7-24(27)11-12-25-23-26(13-14-28(25)29)30(35)10-6-17-34-31(36)15-19-37-21-22-38-20-18-33-2;1-3-4-9-29-27-10-6-5-8-24(27)12-13-25-23-26(14-15-28(25)29)30(34)11-7-17-33-31(35)16-19-36-21-22-37-20-18-32-2/h5-6,9,11-12,15-16,24,33H,3-4,7-8,10,13-14,17-23H2,1-2H3,(H,34,36);7-8,10,12-13,16-17,24H,3-6,9,11,14-15,18-23H2,1-2H3,(H,33,35);3-4,7-9,13-14,23,32-33H,5-6,10-12,15-22H2,1-2H3,(H,34,36);5-6,8-10,14-15,23,32H,3-4,7,11-13,16-22H2,1-2H3,(H,33,35)/b30-12-;30-12+;29-9-;29-9+. The third kappa shape index (κ3) is 44.2. The summed E-state index contributed by atoms with van der Waals surface area (Å²) in [6.07, 6.45) is 33.0. The summed E-state index contributed by atoms with van der Waals surface area (Å²) in [5.74, 6) is 0.260. The van der Waals surface area contributed by atoms with Gasteiger partial charge in [-0.1, -0.05) is 211 Å². The molecule has 4 aliphatic carbocycles. The molecule has 24 nitrogen and oxygen atoms in total. The number of likely N-dealkylation sites (N-methyl/N-ethyl adjacent to an activating group) is 2. The number of aryl methyl sites for hydroxylation is 8. The normalized spacial score (nSPS) is 13.6. The Morgan fingerprint density at radius 2 is 0.513 bits per heavy atom. The lowest BCUT2D eigenvalue weighted by Crippen LogP contribution is -2.26. The molecule has 12 rings (SSSR count). The van der Waals surface area contributed by atoms with Crippen molar-refractivity contribution in [2.24, 2.45) is 0 Å². The van der Waals surface area contributed by atoms with Crippen LogP contribution in [0.4, 0.5) is 0 Å². The first kappa shape index (κ1) is 122. The fourth-order valence-electron chi connectivity index (χ4n) is 18.4. The van der Waals surface area contributed by atoms with E-state index in [-0.39, 0.29) is 46.8 Å². The molecular weight excluding hydrogens is 1880 g/mol. The van der Waals surface area contributed by atoms with Gasteiger partial charge in [0.1, 0.15) is 11.6 Å². The van der Waals surface area contributed by atoms with E-state index in [2.05, 4.69) is 228 Å². The molecule has 0 radical (unpaired) electrons. The molecule has 0 spiro atoms. The van der Waals surface area contributed by atoms with Gasteiger partial charge in [-0.15, -0.1) is 0 Å². The van der Waals surface area contributed by atoms with Crippen molar-refractivity contribution < 1.29 is 76.3 Å². The van der Waals surface area contributed by atoms with Gasteiger partial charge >= 0.3 is 0 Å². The molecule has 0 atom stereocenters. The van der Waals surface area contributed by atoms with E-state index in [1.54, 1.807) is 0 Å². The number of Topliss-reactive ketones (excluding diaryl/α,β-unsaturated/α-hetero) is 4. The van der Waals surface area contributed by atoms with Crippen LogP contribution in [-0.2, 0) is 108 Å². The molecule has 0 fully saturated rings. The Kier molecular flexibility index (Phi) is 60.3. The van der Waals surface area contributed by atoms with E-state index >= 15 is 0 Å². The predicted molar refractivity (Wildman–Crippen MR) is 605 cm³/mol. The van der Waals surface area contributed by atoms with Gasteiger partial charge in [0.25, 0.3) is 11.8 Å². The lowest BCUT2D eigenvalue weighted by atomic mass is 9.91. The van der Waals surface area contributed by atoms with Crippen LogP contribution >= 0.6 is 0 Å². The highest BCUT2D eigenvalue weighted by Gasteiger charge is 2.26. The molecule has 0 bridgehead atoms. The van der Waals surface area contributed by atoms with E-state index in [4.69, 9.17) is 37.9 Å². The fourth-order valence-corrected chi connectivity index (χ4v) is 18.4. The van der Waals surface area contributed by atoms with E-state index in [0.29, 0.717) is 207 Å². The van der Waals surface area contributed by atoms with Crippen LogP contribution in [-0.4, -0.2) is 233 Å². The minimum Gasteiger partial charge on any atom is -0.379 e. The highest BCUT2D eigenvalue weighted by molar-refractivity contribution is 6.00. The first-order valence-electron chi connectivity index (χ1n) is 55.6. The van der Waals surface area contributed by atoms with Crippen LogP contribution in [0.2, 0.25) is 0 Å². The molecule has 0 aliphatic heterocycles.